The molecule has 2 rings (SSSR count). The molecule has 0 bridgehead atoms. The maximum absolute atomic E-state index is 12.0. The number of aliphatic hydroxyl groups excluding tert-OH is 1. The van der Waals surface area contributed by atoms with Gasteiger partial charge in [0, 0.05) is 18.8 Å². The minimum atomic E-state index is -0.203. The average molecular weight is 278 g/mol. The molecule has 20 heavy (non-hydrogen) atoms. The van der Waals surface area contributed by atoms with Crippen molar-refractivity contribution in [1.29, 1.82) is 0 Å². The molecule has 2 atom stereocenters. The molecule has 2 unspecified atom stereocenters. The third-order valence-electron chi connectivity index (χ3n) is 3.31. The van der Waals surface area contributed by atoms with E-state index >= 15 is 0 Å². The molecule has 2 N–H and O–H groups in total. The van der Waals surface area contributed by atoms with Crippen LogP contribution in [0.4, 0.5) is 5.69 Å². The van der Waals surface area contributed by atoms with Crippen LogP contribution in [-0.2, 0) is 9.53 Å². The number of anilines is 1. The maximum atomic E-state index is 12.0. The zero-order chi connectivity index (χ0) is 14.5. The summed E-state index contributed by atoms with van der Waals surface area (Å²) in [5, 5.41) is 12.0. The molecule has 0 saturated carbocycles. The van der Waals surface area contributed by atoms with Crippen LogP contribution in [0.5, 0.6) is 0 Å². The fourth-order valence-electron chi connectivity index (χ4n) is 2.41. The topological polar surface area (TPSA) is 61.8 Å². The molecule has 0 spiro atoms. The quantitative estimate of drug-likeness (QED) is 0.863. The van der Waals surface area contributed by atoms with Crippen molar-refractivity contribution in [3.8, 4) is 0 Å². The van der Waals surface area contributed by atoms with Crippen molar-refractivity contribution in [2.24, 2.45) is 0 Å². The van der Waals surface area contributed by atoms with E-state index in [1.165, 1.54) is 0 Å². The molecule has 1 saturated heterocycles. The Morgan fingerprint density at radius 3 is 2.75 bits per heavy atom. The van der Waals surface area contributed by atoms with Crippen LogP contribution in [0.2, 0.25) is 0 Å². The van der Waals surface area contributed by atoms with Gasteiger partial charge in [-0.3, -0.25) is 9.69 Å². The Balaban J connectivity index is 1.86. The number of nitrogens with zero attached hydrogens (tertiary/aromatic N) is 1. The van der Waals surface area contributed by atoms with Crippen molar-refractivity contribution < 1.29 is 14.6 Å². The van der Waals surface area contributed by atoms with Gasteiger partial charge in [0.25, 0.3) is 0 Å². The Kier molecular flexibility index (Phi) is 5.11. The molecule has 0 radical (unpaired) electrons. The van der Waals surface area contributed by atoms with Crippen LogP contribution in [0, 0.1) is 6.92 Å². The van der Waals surface area contributed by atoms with E-state index in [0.717, 1.165) is 11.3 Å². The highest BCUT2D eigenvalue weighted by atomic mass is 16.5. The molecule has 1 aliphatic heterocycles. The fourth-order valence-corrected chi connectivity index (χ4v) is 2.41. The Labute approximate surface area is 119 Å². The largest absolute Gasteiger partial charge is 0.394 e. The van der Waals surface area contributed by atoms with Gasteiger partial charge in [0.2, 0.25) is 5.91 Å². The van der Waals surface area contributed by atoms with Gasteiger partial charge in [-0.1, -0.05) is 17.7 Å². The number of benzene rings is 1. The monoisotopic (exact) mass is 278 g/mol. The van der Waals surface area contributed by atoms with E-state index in [1.807, 2.05) is 43.0 Å². The van der Waals surface area contributed by atoms with Crippen molar-refractivity contribution >= 4 is 11.6 Å². The molecule has 1 fully saturated rings. The molecule has 110 valence electrons. The van der Waals surface area contributed by atoms with Crippen LogP contribution >= 0.6 is 0 Å². The lowest BCUT2D eigenvalue weighted by Crippen LogP contribution is -2.50. The van der Waals surface area contributed by atoms with Crippen molar-refractivity contribution in [1.82, 2.24) is 4.90 Å². The highest BCUT2D eigenvalue weighted by Crippen LogP contribution is 2.12. The van der Waals surface area contributed by atoms with E-state index in [4.69, 9.17) is 9.84 Å². The molecule has 1 aromatic rings. The Bertz CT molecular complexity index is 447. The summed E-state index contributed by atoms with van der Waals surface area (Å²) in [4.78, 5) is 14.0. The van der Waals surface area contributed by atoms with Gasteiger partial charge in [-0.15, -0.1) is 0 Å². The number of rotatable bonds is 4. The van der Waals surface area contributed by atoms with E-state index in [0.29, 0.717) is 19.6 Å². The minimum absolute atomic E-state index is 0.0135. The van der Waals surface area contributed by atoms with Crippen LogP contribution in [-0.4, -0.2) is 54.4 Å². The molecule has 0 aromatic heterocycles. The summed E-state index contributed by atoms with van der Waals surface area (Å²) in [6.07, 6.45) is -0.168. The van der Waals surface area contributed by atoms with Gasteiger partial charge in [-0.2, -0.15) is 0 Å². The Morgan fingerprint density at radius 2 is 2.10 bits per heavy atom. The predicted molar refractivity (Wildman–Crippen MR) is 77.7 cm³/mol. The van der Waals surface area contributed by atoms with Gasteiger partial charge < -0.3 is 15.2 Å². The lowest BCUT2D eigenvalue weighted by Gasteiger charge is -2.35. The van der Waals surface area contributed by atoms with Crippen molar-refractivity contribution in [3.05, 3.63) is 29.8 Å². The third kappa shape index (κ3) is 4.30. The number of carbonyl (C=O) groups is 1. The number of ether oxygens (including phenoxy) is 1. The number of carbonyl (C=O) groups excluding carboxylic acids is 1. The number of aryl methyl sites for hydroxylation is 1. The first-order valence-corrected chi connectivity index (χ1v) is 6.92. The first kappa shape index (κ1) is 15.0. The smallest absolute Gasteiger partial charge is 0.238 e. The second-order valence-electron chi connectivity index (χ2n) is 5.36. The molecule has 5 heteroatoms. The summed E-state index contributed by atoms with van der Waals surface area (Å²) >= 11 is 0. The summed E-state index contributed by atoms with van der Waals surface area (Å²) in [5.41, 5.74) is 1.97. The average Bonchev–Trinajstić information content (AvgIpc) is 2.40. The summed E-state index contributed by atoms with van der Waals surface area (Å²) in [7, 11) is 0. The predicted octanol–water partition coefficient (Wildman–Crippen LogP) is 1.02. The van der Waals surface area contributed by atoms with Gasteiger partial charge in [-0.25, -0.2) is 0 Å². The lowest BCUT2D eigenvalue weighted by molar-refractivity contribution is -0.124. The van der Waals surface area contributed by atoms with Crippen LogP contribution in [0.3, 0.4) is 0 Å². The summed E-state index contributed by atoms with van der Waals surface area (Å²) in [5.74, 6) is -0.0420. The Hall–Kier alpha value is -1.43. The molecular formula is C15H22N2O3. The van der Waals surface area contributed by atoms with E-state index in [1.54, 1.807) is 0 Å². The van der Waals surface area contributed by atoms with Crippen molar-refractivity contribution in [2.75, 3.05) is 31.6 Å². The van der Waals surface area contributed by atoms with E-state index in [-0.39, 0.29) is 24.7 Å². The highest BCUT2D eigenvalue weighted by molar-refractivity contribution is 5.92. The van der Waals surface area contributed by atoms with Crippen molar-refractivity contribution in [3.63, 3.8) is 0 Å². The standard InChI is InChI=1S/C15H22N2O3/c1-11-3-5-13(6-4-11)16-15(19)9-17-7-12(2)20-14(8-17)10-18/h3-6,12,14,18H,7-10H2,1-2H3,(H,16,19). The number of nitrogens with one attached hydrogen (secondary N) is 1. The number of hydrogen-bond acceptors (Lipinski definition) is 4. The zero-order valence-electron chi connectivity index (χ0n) is 12.0. The molecule has 1 amide bonds. The minimum Gasteiger partial charge on any atom is -0.394 e. The van der Waals surface area contributed by atoms with Crippen molar-refractivity contribution in [2.45, 2.75) is 26.1 Å². The summed E-state index contributed by atoms with van der Waals surface area (Å²) in [6, 6.07) is 7.72. The van der Waals surface area contributed by atoms with Crippen LogP contribution in [0.1, 0.15) is 12.5 Å². The number of amides is 1. The molecular weight excluding hydrogens is 256 g/mol. The molecule has 0 aliphatic carbocycles. The van der Waals surface area contributed by atoms with Gasteiger partial charge in [0.1, 0.15) is 0 Å². The van der Waals surface area contributed by atoms with E-state index in [2.05, 4.69) is 5.32 Å². The number of morpholine rings is 1. The second kappa shape index (κ2) is 6.83. The van der Waals surface area contributed by atoms with Gasteiger partial charge in [0.15, 0.2) is 0 Å². The van der Waals surface area contributed by atoms with Crippen LogP contribution < -0.4 is 5.32 Å². The van der Waals surface area contributed by atoms with Crippen LogP contribution in [0.15, 0.2) is 24.3 Å². The first-order valence-electron chi connectivity index (χ1n) is 6.92. The number of hydrogen-bond donors (Lipinski definition) is 2. The fraction of sp³-hybridized carbons (Fsp3) is 0.533. The van der Waals surface area contributed by atoms with Gasteiger partial charge >= 0.3 is 0 Å². The normalized spacial score (nSPS) is 23.6. The zero-order valence-corrected chi connectivity index (χ0v) is 12.0. The third-order valence-corrected chi connectivity index (χ3v) is 3.31. The Morgan fingerprint density at radius 1 is 1.40 bits per heavy atom. The van der Waals surface area contributed by atoms with Crippen LogP contribution in [0.25, 0.3) is 0 Å². The maximum Gasteiger partial charge on any atom is 0.238 e. The second-order valence-corrected chi connectivity index (χ2v) is 5.36. The lowest BCUT2D eigenvalue weighted by atomic mass is 10.2. The van der Waals surface area contributed by atoms with Gasteiger partial charge in [0.05, 0.1) is 25.4 Å². The first-order chi connectivity index (χ1) is 9.56. The number of aliphatic hydroxyl groups is 1. The molecule has 1 heterocycles. The SMILES string of the molecule is Cc1ccc(NC(=O)CN2CC(C)OC(CO)C2)cc1. The van der Waals surface area contributed by atoms with E-state index < -0.39 is 0 Å². The molecule has 1 aliphatic rings. The van der Waals surface area contributed by atoms with Gasteiger partial charge in [-0.05, 0) is 26.0 Å². The molecule has 1 aromatic carbocycles. The molecule has 5 nitrogen and oxygen atoms in total. The summed E-state index contributed by atoms with van der Waals surface area (Å²) in [6.45, 7) is 5.56. The van der Waals surface area contributed by atoms with E-state index in [9.17, 15) is 4.79 Å². The summed E-state index contributed by atoms with van der Waals surface area (Å²) < 4.78 is 5.56. The highest BCUT2D eigenvalue weighted by Gasteiger charge is 2.25.